The van der Waals surface area contributed by atoms with Gasteiger partial charge in [-0.1, -0.05) is 39.0 Å². The lowest BCUT2D eigenvalue weighted by molar-refractivity contribution is -0.145. The highest BCUT2D eigenvalue weighted by Crippen LogP contribution is 2.29. The topological polar surface area (TPSA) is 125 Å². The van der Waals surface area contributed by atoms with Crippen LogP contribution in [0, 0.1) is 5.92 Å². The maximum absolute atomic E-state index is 13.7. The van der Waals surface area contributed by atoms with E-state index in [4.69, 9.17) is 0 Å². The van der Waals surface area contributed by atoms with Gasteiger partial charge in [-0.05, 0) is 51.4 Å². The van der Waals surface area contributed by atoms with Crippen molar-refractivity contribution in [3.63, 3.8) is 0 Å². The molecule has 3 aliphatic rings. The SMILES string of the molecule is CC[C@]1(C)NC(=O)[C@H](CCCC=O)NC(=O)[C@H]2CCCN2C(=O)[C@H](CC2CCCCC2)NC1=O. The normalized spacial score (nSPS) is 31.6. The lowest BCUT2D eigenvalue weighted by Gasteiger charge is -2.37. The fourth-order valence-electron chi connectivity index (χ4n) is 5.41. The molecule has 190 valence electrons. The van der Waals surface area contributed by atoms with Gasteiger partial charge < -0.3 is 25.6 Å². The number of hydrogen-bond acceptors (Lipinski definition) is 5. The summed E-state index contributed by atoms with van der Waals surface area (Å²) < 4.78 is 0. The minimum absolute atomic E-state index is 0.209. The average molecular weight is 477 g/mol. The van der Waals surface area contributed by atoms with Crippen molar-refractivity contribution in [2.75, 3.05) is 6.54 Å². The average Bonchev–Trinajstić information content (AvgIpc) is 3.32. The largest absolute Gasteiger partial charge is 0.343 e. The van der Waals surface area contributed by atoms with Gasteiger partial charge in [0.05, 0.1) is 0 Å². The Labute approximate surface area is 202 Å². The molecule has 9 nitrogen and oxygen atoms in total. The van der Waals surface area contributed by atoms with Gasteiger partial charge in [0.15, 0.2) is 0 Å². The summed E-state index contributed by atoms with van der Waals surface area (Å²) in [6, 6.07) is -2.24. The van der Waals surface area contributed by atoms with Gasteiger partial charge in [-0.2, -0.15) is 0 Å². The predicted molar refractivity (Wildman–Crippen MR) is 127 cm³/mol. The van der Waals surface area contributed by atoms with Crippen molar-refractivity contribution in [1.29, 1.82) is 0 Å². The number of aldehydes is 1. The van der Waals surface area contributed by atoms with E-state index >= 15 is 0 Å². The Morgan fingerprint density at radius 2 is 1.71 bits per heavy atom. The summed E-state index contributed by atoms with van der Waals surface area (Å²) in [4.78, 5) is 65.8. The smallest absolute Gasteiger partial charge is 0.246 e. The van der Waals surface area contributed by atoms with E-state index in [9.17, 15) is 24.0 Å². The first-order valence-corrected chi connectivity index (χ1v) is 13.0. The highest BCUT2D eigenvalue weighted by atomic mass is 16.2. The van der Waals surface area contributed by atoms with Crippen LogP contribution in [0.25, 0.3) is 0 Å². The molecule has 9 heteroatoms. The second-order valence-corrected chi connectivity index (χ2v) is 10.3. The van der Waals surface area contributed by atoms with Crippen LogP contribution in [0.3, 0.4) is 0 Å². The number of unbranched alkanes of at least 4 members (excludes halogenated alkanes) is 1. The molecule has 0 radical (unpaired) electrons. The van der Waals surface area contributed by atoms with Gasteiger partial charge in [-0.3, -0.25) is 19.2 Å². The van der Waals surface area contributed by atoms with Crippen LogP contribution in [0.1, 0.15) is 90.9 Å². The zero-order chi connectivity index (χ0) is 24.7. The fourth-order valence-corrected chi connectivity index (χ4v) is 5.41. The highest BCUT2D eigenvalue weighted by Gasteiger charge is 2.43. The molecule has 1 aliphatic carbocycles. The van der Waals surface area contributed by atoms with Crippen LogP contribution in [-0.4, -0.2) is 65.0 Å². The molecule has 1 saturated carbocycles. The van der Waals surface area contributed by atoms with E-state index in [0.29, 0.717) is 44.6 Å². The van der Waals surface area contributed by atoms with Gasteiger partial charge >= 0.3 is 0 Å². The molecule has 2 aliphatic heterocycles. The standard InChI is InChI=1S/C25H40N4O5/c1-3-25(2)24(34)27-19(16-17-10-5-4-6-11-17)23(33)29-14-9-13-20(29)22(32)26-18(21(31)28-25)12-7-8-15-30/h15,17-20H,3-14,16H2,1-2H3,(H,26,32)(H,27,34)(H,28,31)/t18-,19-,20+,25-/m0/s1. The maximum Gasteiger partial charge on any atom is 0.246 e. The van der Waals surface area contributed by atoms with Crippen molar-refractivity contribution in [2.45, 2.75) is 115 Å². The van der Waals surface area contributed by atoms with Crippen molar-refractivity contribution >= 4 is 29.9 Å². The lowest BCUT2D eigenvalue weighted by Crippen LogP contribution is -2.65. The van der Waals surface area contributed by atoms with E-state index in [-0.39, 0.29) is 30.6 Å². The summed E-state index contributed by atoms with van der Waals surface area (Å²) in [7, 11) is 0. The predicted octanol–water partition coefficient (Wildman–Crippen LogP) is 1.59. The van der Waals surface area contributed by atoms with Gasteiger partial charge in [0.1, 0.15) is 30.0 Å². The van der Waals surface area contributed by atoms with Crippen molar-refractivity contribution in [3.05, 3.63) is 0 Å². The van der Waals surface area contributed by atoms with Crippen LogP contribution >= 0.6 is 0 Å². The van der Waals surface area contributed by atoms with E-state index in [1.807, 2.05) is 0 Å². The van der Waals surface area contributed by atoms with Crippen molar-refractivity contribution in [3.8, 4) is 0 Å². The molecular formula is C25H40N4O5. The van der Waals surface area contributed by atoms with Crippen molar-refractivity contribution < 1.29 is 24.0 Å². The van der Waals surface area contributed by atoms with Crippen molar-refractivity contribution in [2.24, 2.45) is 5.92 Å². The first-order valence-electron chi connectivity index (χ1n) is 13.0. The second kappa shape index (κ2) is 11.8. The minimum Gasteiger partial charge on any atom is -0.343 e. The maximum atomic E-state index is 13.7. The minimum atomic E-state index is -1.22. The molecule has 34 heavy (non-hydrogen) atoms. The number of fused-ring (bicyclic) bond motifs is 1. The molecule has 0 bridgehead atoms. The summed E-state index contributed by atoms with van der Waals surface area (Å²) >= 11 is 0. The number of hydrogen-bond donors (Lipinski definition) is 3. The Kier molecular flexibility index (Phi) is 9.08. The summed E-state index contributed by atoms with van der Waals surface area (Å²) in [5.41, 5.74) is -1.22. The number of rotatable bonds is 7. The number of carbonyl (C=O) groups excluding carboxylic acids is 5. The van der Waals surface area contributed by atoms with Gasteiger partial charge in [-0.25, -0.2) is 0 Å². The third-order valence-corrected chi connectivity index (χ3v) is 7.79. The molecule has 0 unspecified atom stereocenters. The molecule has 4 amide bonds. The van der Waals surface area contributed by atoms with Crippen LogP contribution < -0.4 is 16.0 Å². The van der Waals surface area contributed by atoms with Crippen LogP contribution in [-0.2, 0) is 24.0 Å². The number of nitrogens with one attached hydrogen (secondary N) is 3. The molecule has 0 spiro atoms. The first-order chi connectivity index (χ1) is 16.3. The van der Waals surface area contributed by atoms with Crippen LogP contribution in [0.4, 0.5) is 0 Å². The third kappa shape index (κ3) is 6.16. The Morgan fingerprint density at radius 1 is 0.971 bits per heavy atom. The summed E-state index contributed by atoms with van der Waals surface area (Å²) in [5, 5.41) is 8.61. The summed E-state index contributed by atoms with van der Waals surface area (Å²) in [5.74, 6) is -1.03. The van der Waals surface area contributed by atoms with Crippen LogP contribution in [0.2, 0.25) is 0 Å². The monoisotopic (exact) mass is 476 g/mol. The molecule has 3 N–H and O–H groups in total. The van der Waals surface area contributed by atoms with Gasteiger partial charge in [0, 0.05) is 13.0 Å². The first kappa shape index (κ1) is 26.2. The second-order valence-electron chi connectivity index (χ2n) is 10.3. The summed E-state index contributed by atoms with van der Waals surface area (Å²) in [6.45, 7) is 3.91. The Bertz CT molecular complexity index is 781. The third-order valence-electron chi connectivity index (χ3n) is 7.79. The molecular weight excluding hydrogens is 436 g/mol. The van der Waals surface area contributed by atoms with Crippen LogP contribution in [0.5, 0.6) is 0 Å². The Balaban J connectivity index is 1.90. The molecule has 3 fully saturated rings. The quantitative estimate of drug-likeness (QED) is 0.380. The molecule has 0 aromatic heterocycles. The Morgan fingerprint density at radius 3 is 2.38 bits per heavy atom. The van der Waals surface area contributed by atoms with Gasteiger partial charge in [0.2, 0.25) is 23.6 Å². The number of carbonyl (C=O) groups is 5. The van der Waals surface area contributed by atoms with Gasteiger partial charge in [0.25, 0.3) is 0 Å². The molecule has 0 aromatic rings. The number of nitrogens with zero attached hydrogens (tertiary/aromatic N) is 1. The fraction of sp³-hybridized carbons (Fsp3) is 0.800. The molecule has 3 rings (SSSR count). The zero-order valence-corrected chi connectivity index (χ0v) is 20.6. The highest BCUT2D eigenvalue weighted by molar-refractivity contribution is 5.99. The van der Waals surface area contributed by atoms with E-state index in [0.717, 1.165) is 32.0 Å². The van der Waals surface area contributed by atoms with E-state index < -0.39 is 29.6 Å². The molecule has 0 aromatic carbocycles. The lowest BCUT2D eigenvalue weighted by atomic mass is 9.84. The zero-order valence-electron chi connectivity index (χ0n) is 20.6. The molecule has 4 atom stereocenters. The van der Waals surface area contributed by atoms with Gasteiger partial charge in [-0.15, -0.1) is 0 Å². The van der Waals surface area contributed by atoms with Crippen LogP contribution in [0.15, 0.2) is 0 Å². The molecule has 2 heterocycles. The van der Waals surface area contributed by atoms with E-state index in [2.05, 4.69) is 16.0 Å². The molecule has 2 saturated heterocycles. The van der Waals surface area contributed by atoms with Crippen molar-refractivity contribution in [1.82, 2.24) is 20.9 Å². The summed E-state index contributed by atoms with van der Waals surface area (Å²) in [6.07, 6.45) is 9.41. The van der Waals surface area contributed by atoms with E-state index in [1.165, 1.54) is 6.42 Å². The Hall–Kier alpha value is -2.45. The van der Waals surface area contributed by atoms with E-state index in [1.54, 1.807) is 18.7 Å². The number of amides is 4.